The van der Waals surface area contributed by atoms with Crippen molar-refractivity contribution < 1.29 is 0 Å². The van der Waals surface area contributed by atoms with E-state index < -0.39 is 0 Å². The minimum atomic E-state index is 0.581. The minimum Gasteiger partial charge on any atom is -0.378 e. The van der Waals surface area contributed by atoms with Crippen molar-refractivity contribution in [2.45, 2.75) is 6.54 Å². The van der Waals surface area contributed by atoms with Crippen molar-refractivity contribution in [3.63, 3.8) is 0 Å². The number of imidazole rings is 1. The lowest BCUT2D eigenvalue weighted by Crippen LogP contribution is -2.03. The van der Waals surface area contributed by atoms with Crippen LogP contribution in [0.25, 0.3) is 5.65 Å². The number of nitrogens with one attached hydrogen (secondary N) is 1. The van der Waals surface area contributed by atoms with Crippen molar-refractivity contribution in [1.82, 2.24) is 14.4 Å². The summed E-state index contributed by atoms with van der Waals surface area (Å²) >= 11 is 15.4. The van der Waals surface area contributed by atoms with Gasteiger partial charge in [-0.15, -0.1) is 0 Å². The van der Waals surface area contributed by atoms with Crippen LogP contribution in [-0.4, -0.2) is 14.4 Å². The average Bonchev–Trinajstić information content (AvgIpc) is 2.82. The summed E-state index contributed by atoms with van der Waals surface area (Å²) in [5.74, 6) is 0. The number of nitrogens with zero attached hydrogens (tertiary/aromatic N) is 3. The number of fused-ring (bicyclic) bond motifs is 1. The standard InChI is InChI=1S/C13H9BrCl2N4/c14-12-7-20-9(5-19-13(20)6-18-12)4-17-11-3-8(15)1-2-10(11)16/h1-3,5-7,17H,4H2. The molecule has 1 N–H and O–H groups in total. The van der Waals surface area contributed by atoms with Crippen LogP contribution in [0.4, 0.5) is 5.69 Å². The predicted octanol–water partition coefficient (Wildman–Crippen LogP) is 4.41. The predicted molar refractivity (Wildman–Crippen MR) is 84.5 cm³/mol. The topological polar surface area (TPSA) is 42.2 Å². The third-order valence-electron chi connectivity index (χ3n) is 2.83. The van der Waals surface area contributed by atoms with Gasteiger partial charge in [-0.25, -0.2) is 9.97 Å². The zero-order chi connectivity index (χ0) is 14.1. The lowest BCUT2D eigenvalue weighted by Gasteiger charge is -2.08. The van der Waals surface area contributed by atoms with Crippen LogP contribution in [0.5, 0.6) is 0 Å². The quantitative estimate of drug-likeness (QED) is 0.741. The summed E-state index contributed by atoms with van der Waals surface area (Å²) in [5.41, 5.74) is 2.59. The highest BCUT2D eigenvalue weighted by atomic mass is 79.9. The SMILES string of the molecule is Clc1ccc(Cl)c(NCc2cnc3cnc(Br)cn23)c1. The maximum absolute atomic E-state index is 6.12. The summed E-state index contributed by atoms with van der Waals surface area (Å²) in [6.45, 7) is 0.581. The smallest absolute Gasteiger partial charge is 0.155 e. The van der Waals surface area contributed by atoms with Crippen molar-refractivity contribution in [1.29, 1.82) is 0 Å². The Morgan fingerprint density at radius 3 is 2.90 bits per heavy atom. The third kappa shape index (κ3) is 2.75. The van der Waals surface area contributed by atoms with Gasteiger partial charge in [-0.1, -0.05) is 23.2 Å². The van der Waals surface area contributed by atoms with E-state index in [4.69, 9.17) is 23.2 Å². The van der Waals surface area contributed by atoms with Crippen LogP contribution in [0.15, 0.2) is 41.4 Å². The normalized spacial score (nSPS) is 10.9. The van der Waals surface area contributed by atoms with Crippen molar-refractivity contribution in [2.24, 2.45) is 0 Å². The molecule has 3 aromatic rings. The van der Waals surface area contributed by atoms with Crippen molar-refractivity contribution in [2.75, 3.05) is 5.32 Å². The third-order valence-corrected chi connectivity index (χ3v) is 3.80. The summed E-state index contributed by atoms with van der Waals surface area (Å²) in [5, 5.41) is 4.53. The zero-order valence-corrected chi connectivity index (χ0v) is 13.2. The Bertz CT molecular complexity index is 772. The van der Waals surface area contributed by atoms with E-state index in [1.165, 1.54) is 0 Å². The number of rotatable bonds is 3. The van der Waals surface area contributed by atoms with Gasteiger partial charge in [0.1, 0.15) is 4.60 Å². The van der Waals surface area contributed by atoms with Crippen molar-refractivity contribution >= 4 is 50.5 Å². The van der Waals surface area contributed by atoms with Gasteiger partial charge in [0.2, 0.25) is 0 Å². The van der Waals surface area contributed by atoms with Gasteiger partial charge in [-0.3, -0.25) is 4.40 Å². The minimum absolute atomic E-state index is 0.581. The zero-order valence-electron chi connectivity index (χ0n) is 10.1. The summed E-state index contributed by atoms with van der Waals surface area (Å²) in [4.78, 5) is 8.43. The fraction of sp³-hybridized carbons (Fsp3) is 0.0769. The molecule has 0 saturated carbocycles. The molecule has 2 aromatic heterocycles. The summed E-state index contributed by atoms with van der Waals surface area (Å²) in [6, 6.07) is 5.32. The Morgan fingerprint density at radius 1 is 1.20 bits per heavy atom. The van der Waals surface area contributed by atoms with Gasteiger partial charge in [0, 0.05) is 11.2 Å². The number of halogens is 3. The first-order valence-corrected chi connectivity index (χ1v) is 7.35. The second-order valence-electron chi connectivity index (χ2n) is 4.17. The van der Waals surface area contributed by atoms with Crippen LogP contribution in [0.2, 0.25) is 10.0 Å². The molecule has 7 heteroatoms. The Balaban J connectivity index is 1.86. The maximum Gasteiger partial charge on any atom is 0.155 e. The molecule has 3 rings (SSSR count). The Hall–Kier alpha value is -1.30. The van der Waals surface area contributed by atoms with Crippen LogP contribution < -0.4 is 5.32 Å². The van der Waals surface area contributed by atoms with Crippen molar-refractivity contribution in [3.05, 3.63) is 57.1 Å². The molecule has 0 amide bonds. The molecular weight excluding hydrogens is 363 g/mol. The summed E-state index contributed by atoms with van der Waals surface area (Å²) in [6.07, 6.45) is 5.38. The number of aromatic nitrogens is 3. The first-order valence-electron chi connectivity index (χ1n) is 5.80. The molecule has 0 fully saturated rings. The van der Waals surface area contributed by atoms with Gasteiger partial charge >= 0.3 is 0 Å². The average molecular weight is 372 g/mol. The van der Waals surface area contributed by atoms with Crippen LogP contribution in [-0.2, 0) is 6.54 Å². The van der Waals surface area contributed by atoms with E-state index >= 15 is 0 Å². The molecule has 20 heavy (non-hydrogen) atoms. The lowest BCUT2D eigenvalue weighted by molar-refractivity contribution is 0.983. The van der Waals surface area contributed by atoms with Crippen LogP contribution >= 0.6 is 39.1 Å². The van der Waals surface area contributed by atoms with Gasteiger partial charge in [0.15, 0.2) is 5.65 Å². The van der Waals surface area contributed by atoms with Crippen LogP contribution in [0.1, 0.15) is 5.69 Å². The van der Waals surface area contributed by atoms with Crippen LogP contribution in [0, 0.1) is 0 Å². The first kappa shape index (κ1) is 13.7. The largest absolute Gasteiger partial charge is 0.378 e. The summed E-state index contributed by atoms with van der Waals surface area (Å²) in [7, 11) is 0. The highest BCUT2D eigenvalue weighted by Gasteiger charge is 2.06. The van der Waals surface area contributed by atoms with E-state index in [2.05, 4.69) is 31.2 Å². The van der Waals surface area contributed by atoms with Gasteiger partial charge in [-0.05, 0) is 34.1 Å². The second-order valence-corrected chi connectivity index (χ2v) is 5.82. The van der Waals surface area contributed by atoms with E-state index in [1.54, 1.807) is 30.6 Å². The summed E-state index contributed by atoms with van der Waals surface area (Å²) < 4.78 is 2.72. The van der Waals surface area contributed by atoms with E-state index in [0.29, 0.717) is 16.6 Å². The van der Waals surface area contributed by atoms with Crippen molar-refractivity contribution in [3.8, 4) is 0 Å². The molecule has 0 atom stereocenters. The molecule has 0 aliphatic carbocycles. The molecule has 4 nitrogen and oxygen atoms in total. The molecular formula is C13H9BrCl2N4. The maximum atomic E-state index is 6.12. The van der Waals surface area contributed by atoms with E-state index in [0.717, 1.165) is 21.6 Å². The molecule has 102 valence electrons. The molecule has 0 unspecified atom stereocenters. The molecule has 2 heterocycles. The molecule has 0 radical (unpaired) electrons. The lowest BCUT2D eigenvalue weighted by atomic mass is 10.3. The van der Waals surface area contributed by atoms with Crippen LogP contribution in [0.3, 0.4) is 0 Å². The monoisotopic (exact) mass is 370 g/mol. The van der Waals surface area contributed by atoms with E-state index in [-0.39, 0.29) is 0 Å². The molecule has 0 aliphatic rings. The first-order chi connectivity index (χ1) is 9.63. The Kier molecular flexibility index (Phi) is 3.83. The van der Waals surface area contributed by atoms with E-state index in [9.17, 15) is 0 Å². The number of hydrogen-bond acceptors (Lipinski definition) is 3. The second kappa shape index (κ2) is 5.60. The van der Waals surface area contributed by atoms with Gasteiger partial charge in [-0.2, -0.15) is 0 Å². The molecule has 0 spiro atoms. The highest BCUT2D eigenvalue weighted by Crippen LogP contribution is 2.26. The Morgan fingerprint density at radius 2 is 2.05 bits per heavy atom. The molecule has 1 aromatic carbocycles. The molecule has 0 bridgehead atoms. The van der Waals surface area contributed by atoms with Gasteiger partial charge < -0.3 is 5.32 Å². The van der Waals surface area contributed by atoms with Gasteiger partial charge in [0.25, 0.3) is 0 Å². The van der Waals surface area contributed by atoms with E-state index in [1.807, 2.05) is 10.6 Å². The number of benzene rings is 1. The number of anilines is 1. The fourth-order valence-electron chi connectivity index (χ4n) is 1.87. The molecule has 0 saturated heterocycles. The fourth-order valence-corrected chi connectivity index (χ4v) is 2.53. The highest BCUT2D eigenvalue weighted by molar-refractivity contribution is 9.10. The Labute approximate surface area is 133 Å². The number of hydrogen-bond donors (Lipinski definition) is 1. The molecule has 0 aliphatic heterocycles. The van der Waals surface area contributed by atoms with Gasteiger partial charge in [0.05, 0.1) is 35.3 Å².